The first-order valence-corrected chi connectivity index (χ1v) is 18.0. The maximum absolute atomic E-state index is 14.6. The standard InChI is InChI=1S/C37H39Cl2N3O4S/c1-27-15-21-34(22-16-27)47(45,46)42(33-14-8-11-31(39)24-33)26-36(43)41(25-29-17-19-30(38)20-18-29)35(23-28-9-4-2-5-10-28)37(44)40-32-12-6-3-7-13-32/h2,4-5,8-11,14-22,24,32,35H,3,6-7,12-13,23,25-26H2,1H3,(H,40,44). The second-order valence-corrected chi connectivity index (χ2v) is 14.7. The van der Waals surface area contributed by atoms with Crippen molar-refractivity contribution in [1.29, 1.82) is 0 Å². The summed E-state index contributed by atoms with van der Waals surface area (Å²) < 4.78 is 29.4. The van der Waals surface area contributed by atoms with Gasteiger partial charge in [0.1, 0.15) is 12.6 Å². The molecule has 0 bridgehead atoms. The van der Waals surface area contributed by atoms with Crippen LogP contribution in [0.25, 0.3) is 0 Å². The molecule has 4 aromatic rings. The lowest BCUT2D eigenvalue weighted by Crippen LogP contribution is -2.55. The Kier molecular flexibility index (Phi) is 11.6. The normalized spacial score (nSPS) is 14.3. The Labute approximate surface area is 287 Å². The van der Waals surface area contributed by atoms with Gasteiger partial charge in [-0.1, -0.05) is 109 Å². The molecule has 4 aromatic carbocycles. The van der Waals surface area contributed by atoms with Gasteiger partial charge in [-0.3, -0.25) is 13.9 Å². The van der Waals surface area contributed by atoms with Gasteiger partial charge in [0.2, 0.25) is 11.8 Å². The van der Waals surface area contributed by atoms with E-state index in [4.69, 9.17) is 23.2 Å². The number of benzene rings is 4. The first kappa shape index (κ1) is 34.5. The van der Waals surface area contributed by atoms with Crippen molar-refractivity contribution in [2.45, 2.75) is 69.0 Å². The number of sulfonamides is 1. The molecule has 1 atom stereocenters. The summed E-state index contributed by atoms with van der Waals surface area (Å²) in [6.07, 6.45) is 5.22. The van der Waals surface area contributed by atoms with E-state index in [0.717, 1.165) is 53.1 Å². The second kappa shape index (κ2) is 15.8. The first-order chi connectivity index (χ1) is 22.6. The first-order valence-electron chi connectivity index (χ1n) is 15.8. The molecule has 7 nitrogen and oxygen atoms in total. The average Bonchev–Trinajstić information content (AvgIpc) is 3.07. The van der Waals surface area contributed by atoms with Gasteiger partial charge in [0.15, 0.2) is 0 Å². The monoisotopic (exact) mass is 691 g/mol. The minimum Gasteiger partial charge on any atom is -0.352 e. The van der Waals surface area contributed by atoms with Crippen molar-refractivity contribution in [2.75, 3.05) is 10.8 Å². The molecule has 1 unspecified atom stereocenters. The van der Waals surface area contributed by atoms with Gasteiger partial charge in [-0.25, -0.2) is 8.42 Å². The van der Waals surface area contributed by atoms with Crippen LogP contribution in [0.1, 0.15) is 48.8 Å². The van der Waals surface area contributed by atoms with Crippen LogP contribution < -0.4 is 9.62 Å². The molecule has 1 aliphatic rings. The predicted molar refractivity (Wildman–Crippen MR) is 188 cm³/mol. The molecule has 0 aromatic heterocycles. The van der Waals surface area contributed by atoms with Crippen molar-refractivity contribution < 1.29 is 18.0 Å². The molecule has 5 rings (SSSR count). The van der Waals surface area contributed by atoms with Gasteiger partial charge in [0.25, 0.3) is 10.0 Å². The fraction of sp³-hybridized carbons (Fsp3) is 0.297. The number of amides is 2. The molecular formula is C37H39Cl2N3O4S. The molecule has 2 amide bonds. The summed E-state index contributed by atoms with van der Waals surface area (Å²) in [5, 5.41) is 4.09. The lowest BCUT2D eigenvalue weighted by Gasteiger charge is -2.35. The molecule has 246 valence electrons. The SMILES string of the molecule is Cc1ccc(S(=O)(=O)N(CC(=O)N(Cc2ccc(Cl)cc2)C(Cc2ccccc2)C(=O)NC2CCCCC2)c2cccc(Cl)c2)cc1. The molecule has 1 aliphatic carbocycles. The summed E-state index contributed by atoms with van der Waals surface area (Å²) >= 11 is 12.5. The summed E-state index contributed by atoms with van der Waals surface area (Å²) in [4.78, 5) is 30.3. The van der Waals surface area contributed by atoms with Crippen molar-refractivity contribution in [3.63, 3.8) is 0 Å². The van der Waals surface area contributed by atoms with Crippen molar-refractivity contribution in [3.05, 3.63) is 130 Å². The smallest absolute Gasteiger partial charge is 0.264 e. The third-order valence-corrected chi connectivity index (χ3v) is 10.7. The Hall–Kier alpha value is -3.85. The zero-order valence-electron chi connectivity index (χ0n) is 26.3. The summed E-state index contributed by atoms with van der Waals surface area (Å²) in [6.45, 7) is 1.39. The highest BCUT2D eigenvalue weighted by atomic mass is 35.5. The van der Waals surface area contributed by atoms with E-state index in [0.29, 0.717) is 10.0 Å². The Morgan fingerprint density at radius 3 is 2.15 bits per heavy atom. The molecule has 1 fully saturated rings. The Morgan fingerprint density at radius 2 is 1.49 bits per heavy atom. The van der Waals surface area contributed by atoms with E-state index < -0.39 is 28.5 Å². The van der Waals surface area contributed by atoms with E-state index in [1.54, 1.807) is 54.6 Å². The van der Waals surface area contributed by atoms with Crippen LogP contribution in [0.4, 0.5) is 5.69 Å². The lowest BCUT2D eigenvalue weighted by atomic mass is 9.94. The van der Waals surface area contributed by atoms with Gasteiger partial charge >= 0.3 is 0 Å². The topological polar surface area (TPSA) is 86.8 Å². The van der Waals surface area contributed by atoms with E-state index in [-0.39, 0.29) is 35.5 Å². The minimum absolute atomic E-state index is 0.0203. The number of anilines is 1. The summed E-state index contributed by atoms with van der Waals surface area (Å²) in [6, 6.07) is 28.6. The molecule has 10 heteroatoms. The Bertz CT molecular complexity index is 1760. The number of nitrogens with one attached hydrogen (secondary N) is 1. The number of hydrogen-bond donors (Lipinski definition) is 1. The lowest BCUT2D eigenvalue weighted by molar-refractivity contribution is -0.140. The third kappa shape index (κ3) is 9.15. The highest BCUT2D eigenvalue weighted by Gasteiger charge is 2.35. The zero-order valence-corrected chi connectivity index (χ0v) is 28.6. The van der Waals surface area contributed by atoms with E-state index in [1.807, 2.05) is 37.3 Å². The van der Waals surface area contributed by atoms with Gasteiger partial charge in [0.05, 0.1) is 10.6 Å². The largest absolute Gasteiger partial charge is 0.352 e. The van der Waals surface area contributed by atoms with E-state index in [1.165, 1.54) is 23.1 Å². The number of rotatable bonds is 12. The number of nitrogens with zero attached hydrogens (tertiary/aromatic N) is 2. The van der Waals surface area contributed by atoms with Crippen molar-refractivity contribution in [2.24, 2.45) is 0 Å². The van der Waals surface area contributed by atoms with Crippen LogP contribution in [0.2, 0.25) is 10.0 Å². The highest BCUT2D eigenvalue weighted by molar-refractivity contribution is 7.92. The van der Waals surface area contributed by atoms with Gasteiger partial charge < -0.3 is 10.2 Å². The maximum Gasteiger partial charge on any atom is 0.264 e. The molecule has 0 radical (unpaired) electrons. The van der Waals surface area contributed by atoms with E-state index >= 15 is 0 Å². The van der Waals surface area contributed by atoms with Crippen LogP contribution in [-0.2, 0) is 32.6 Å². The molecule has 1 saturated carbocycles. The quantitative estimate of drug-likeness (QED) is 0.166. The van der Waals surface area contributed by atoms with Crippen LogP contribution in [0.5, 0.6) is 0 Å². The van der Waals surface area contributed by atoms with Crippen molar-refractivity contribution in [1.82, 2.24) is 10.2 Å². The molecular weight excluding hydrogens is 653 g/mol. The molecule has 0 spiro atoms. The maximum atomic E-state index is 14.6. The summed E-state index contributed by atoms with van der Waals surface area (Å²) in [7, 11) is -4.21. The summed E-state index contributed by atoms with van der Waals surface area (Å²) in [5.74, 6) is -0.797. The van der Waals surface area contributed by atoms with Gasteiger partial charge in [-0.05, 0) is 73.4 Å². The number of hydrogen-bond acceptors (Lipinski definition) is 4. The third-order valence-electron chi connectivity index (χ3n) is 8.47. The highest BCUT2D eigenvalue weighted by Crippen LogP contribution is 2.28. The number of aryl methyl sites for hydroxylation is 1. The van der Waals surface area contributed by atoms with Crippen LogP contribution in [0, 0.1) is 6.92 Å². The second-order valence-electron chi connectivity index (χ2n) is 12.0. The fourth-order valence-corrected chi connectivity index (χ4v) is 7.60. The van der Waals surface area contributed by atoms with Gasteiger partial charge in [-0.15, -0.1) is 0 Å². The molecule has 0 saturated heterocycles. The predicted octanol–water partition coefficient (Wildman–Crippen LogP) is 7.59. The Morgan fingerprint density at radius 1 is 0.809 bits per heavy atom. The molecule has 1 N–H and O–H groups in total. The van der Waals surface area contributed by atoms with Crippen molar-refractivity contribution in [3.8, 4) is 0 Å². The summed E-state index contributed by atoms with van der Waals surface area (Å²) in [5.41, 5.74) is 2.77. The fourth-order valence-electron chi connectivity index (χ4n) is 5.88. The number of halogens is 2. The van der Waals surface area contributed by atoms with Crippen LogP contribution in [0.3, 0.4) is 0 Å². The number of carbonyl (C=O) groups is 2. The van der Waals surface area contributed by atoms with Crippen LogP contribution >= 0.6 is 23.2 Å². The average molecular weight is 693 g/mol. The van der Waals surface area contributed by atoms with E-state index in [9.17, 15) is 18.0 Å². The molecule has 0 aliphatic heterocycles. The van der Waals surface area contributed by atoms with Crippen LogP contribution in [0.15, 0.2) is 108 Å². The van der Waals surface area contributed by atoms with Crippen molar-refractivity contribution >= 4 is 50.7 Å². The minimum atomic E-state index is -4.21. The van der Waals surface area contributed by atoms with Crippen LogP contribution in [-0.4, -0.2) is 43.8 Å². The van der Waals surface area contributed by atoms with Gasteiger partial charge in [-0.2, -0.15) is 0 Å². The van der Waals surface area contributed by atoms with Gasteiger partial charge in [0, 0.05) is 29.1 Å². The zero-order chi connectivity index (χ0) is 33.4. The number of carbonyl (C=O) groups excluding carboxylic acids is 2. The Balaban J connectivity index is 1.56. The molecule has 47 heavy (non-hydrogen) atoms. The van der Waals surface area contributed by atoms with E-state index in [2.05, 4.69) is 5.32 Å². The molecule has 0 heterocycles.